The molecule has 0 saturated heterocycles. The minimum absolute atomic E-state index is 1.19. The standard InChI is InChI=1S/C12H23N/c1-2-3-10-13-11-9-12-7-5-4-6-8-12/h7,13H,2-6,8-11H2,1H3. The van der Waals surface area contributed by atoms with Gasteiger partial charge >= 0.3 is 0 Å². The van der Waals surface area contributed by atoms with E-state index in [0.29, 0.717) is 0 Å². The third kappa shape index (κ3) is 5.09. The van der Waals surface area contributed by atoms with E-state index in [-0.39, 0.29) is 0 Å². The second kappa shape index (κ2) is 7.14. The maximum atomic E-state index is 3.49. The molecule has 0 aromatic carbocycles. The summed E-state index contributed by atoms with van der Waals surface area (Å²) in [4.78, 5) is 0. The van der Waals surface area contributed by atoms with Crippen molar-refractivity contribution < 1.29 is 0 Å². The van der Waals surface area contributed by atoms with Gasteiger partial charge in [-0.05, 0) is 51.6 Å². The lowest BCUT2D eigenvalue weighted by molar-refractivity contribution is 0.612. The van der Waals surface area contributed by atoms with Gasteiger partial charge in [0.2, 0.25) is 0 Å². The number of rotatable bonds is 6. The average molecular weight is 181 g/mol. The van der Waals surface area contributed by atoms with Crippen LogP contribution in [0.1, 0.15) is 51.9 Å². The van der Waals surface area contributed by atoms with Crippen molar-refractivity contribution in [2.75, 3.05) is 13.1 Å². The fourth-order valence-electron chi connectivity index (χ4n) is 1.81. The summed E-state index contributed by atoms with van der Waals surface area (Å²) in [5, 5.41) is 3.49. The first-order valence-electron chi connectivity index (χ1n) is 5.82. The first-order valence-corrected chi connectivity index (χ1v) is 5.82. The number of hydrogen-bond acceptors (Lipinski definition) is 1. The van der Waals surface area contributed by atoms with Crippen LogP contribution in [0.2, 0.25) is 0 Å². The Morgan fingerprint density at radius 2 is 2.23 bits per heavy atom. The highest BCUT2D eigenvalue weighted by molar-refractivity contribution is 5.04. The molecule has 1 aliphatic carbocycles. The minimum atomic E-state index is 1.19. The van der Waals surface area contributed by atoms with Gasteiger partial charge in [-0.25, -0.2) is 0 Å². The molecule has 1 rings (SSSR count). The Balaban J connectivity index is 1.95. The van der Waals surface area contributed by atoms with Gasteiger partial charge in [-0.1, -0.05) is 25.0 Å². The second-order valence-corrected chi connectivity index (χ2v) is 3.96. The molecule has 0 bridgehead atoms. The van der Waals surface area contributed by atoms with E-state index in [2.05, 4.69) is 18.3 Å². The molecule has 1 aliphatic rings. The van der Waals surface area contributed by atoms with Crippen molar-refractivity contribution in [3.8, 4) is 0 Å². The van der Waals surface area contributed by atoms with Gasteiger partial charge in [-0.3, -0.25) is 0 Å². The monoisotopic (exact) mass is 181 g/mol. The zero-order chi connectivity index (χ0) is 9.36. The predicted molar refractivity (Wildman–Crippen MR) is 58.9 cm³/mol. The summed E-state index contributed by atoms with van der Waals surface area (Å²) in [6.45, 7) is 4.63. The first-order chi connectivity index (χ1) is 6.43. The van der Waals surface area contributed by atoms with Gasteiger partial charge in [0.15, 0.2) is 0 Å². The molecule has 0 aliphatic heterocycles. The molecule has 0 amide bonds. The summed E-state index contributed by atoms with van der Waals surface area (Å²) in [5.41, 5.74) is 1.69. The van der Waals surface area contributed by atoms with E-state index < -0.39 is 0 Å². The van der Waals surface area contributed by atoms with Crippen LogP contribution >= 0.6 is 0 Å². The molecule has 1 N–H and O–H groups in total. The molecule has 0 fully saturated rings. The number of nitrogens with one attached hydrogen (secondary N) is 1. The van der Waals surface area contributed by atoms with Crippen molar-refractivity contribution in [2.24, 2.45) is 0 Å². The van der Waals surface area contributed by atoms with Gasteiger partial charge in [0, 0.05) is 0 Å². The zero-order valence-electron chi connectivity index (χ0n) is 8.94. The van der Waals surface area contributed by atoms with E-state index in [1.807, 2.05) is 0 Å². The zero-order valence-corrected chi connectivity index (χ0v) is 8.94. The quantitative estimate of drug-likeness (QED) is 0.490. The molecule has 0 heterocycles. The summed E-state index contributed by atoms with van der Waals surface area (Å²) in [5.74, 6) is 0. The fraction of sp³-hybridized carbons (Fsp3) is 0.833. The van der Waals surface area contributed by atoms with Crippen LogP contribution < -0.4 is 5.32 Å². The molecule has 0 aromatic heterocycles. The molecule has 0 spiro atoms. The van der Waals surface area contributed by atoms with Crippen molar-refractivity contribution in [3.63, 3.8) is 0 Å². The SMILES string of the molecule is CCCCNCCC1=CCCCC1. The molecule has 13 heavy (non-hydrogen) atoms. The molecule has 0 saturated carbocycles. The Labute approximate surface area is 82.6 Å². The Morgan fingerprint density at radius 3 is 2.92 bits per heavy atom. The van der Waals surface area contributed by atoms with E-state index in [1.165, 1.54) is 58.0 Å². The lowest BCUT2D eigenvalue weighted by atomic mass is 9.97. The van der Waals surface area contributed by atoms with Crippen LogP contribution in [0.4, 0.5) is 0 Å². The van der Waals surface area contributed by atoms with Crippen LogP contribution in [0.3, 0.4) is 0 Å². The molecule has 1 heteroatoms. The van der Waals surface area contributed by atoms with Gasteiger partial charge in [0.25, 0.3) is 0 Å². The molecule has 0 unspecified atom stereocenters. The van der Waals surface area contributed by atoms with E-state index in [0.717, 1.165) is 0 Å². The van der Waals surface area contributed by atoms with Gasteiger partial charge in [0.05, 0.1) is 0 Å². The lowest BCUT2D eigenvalue weighted by Crippen LogP contribution is -2.17. The van der Waals surface area contributed by atoms with E-state index in [4.69, 9.17) is 0 Å². The maximum absolute atomic E-state index is 3.49. The van der Waals surface area contributed by atoms with Crippen LogP contribution in [0.5, 0.6) is 0 Å². The van der Waals surface area contributed by atoms with Gasteiger partial charge in [-0.15, -0.1) is 0 Å². The van der Waals surface area contributed by atoms with Crippen molar-refractivity contribution in [1.82, 2.24) is 5.32 Å². The van der Waals surface area contributed by atoms with Gasteiger partial charge in [-0.2, -0.15) is 0 Å². The molecular formula is C12H23N. The summed E-state index contributed by atoms with van der Waals surface area (Å²) in [6, 6.07) is 0. The topological polar surface area (TPSA) is 12.0 Å². The fourth-order valence-corrected chi connectivity index (χ4v) is 1.81. The van der Waals surface area contributed by atoms with Crippen molar-refractivity contribution in [1.29, 1.82) is 0 Å². The summed E-state index contributed by atoms with van der Waals surface area (Å²) < 4.78 is 0. The van der Waals surface area contributed by atoms with Crippen LogP contribution in [0.25, 0.3) is 0 Å². The van der Waals surface area contributed by atoms with Crippen LogP contribution in [0, 0.1) is 0 Å². The largest absolute Gasteiger partial charge is 0.316 e. The minimum Gasteiger partial charge on any atom is -0.316 e. The van der Waals surface area contributed by atoms with Crippen LogP contribution in [0.15, 0.2) is 11.6 Å². The molecule has 0 radical (unpaired) electrons. The van der Waals surface area contributed by atoms with Crippen molar-refractivity contribution in [3.05, 3.63) is 11.6 Å². The van der Waals surface area contributed by atoms with Crippen LogP contribution in [-0.4, -0.2) is 13.1 Å². The van der Waals surface area contributed by atoms with Crippen LogP contribution in [-0.2, 0) is 0 Å². The first kappa shape index (κ1) is 10.8. The second-order valence-electron chi connectivity index (χ2n) is 3.96. The third-order valence-electron chi connectivity index (χ3n) is 2.72. The highest BCUT2D eigenvalue weighted by atomic mass is 14.8. The average Bonchev–Trinajstić information content (AvgIpc) is 2.19. The Morgan fingerprint density at radius 1 is 1.31 bits per heavy atom. The molecule has 0 atom stereocenters. The summed E-state index contributed by atoms with van der Waals surface area (Å²) in [7, 11) is 0. The summed E-state index contributed by atoms with van der Waals surface area (Å²) in [6.07, 6.45) is 11.9. The lowest BCUT2D eigenvalue weighted by Gasteiger charge is -2.12. The smallest absolute Gasteiger partial charge is 0.00116 e. The number of hydrogen-bond donors (Lipinski definition) is 1. The number of unbranched alkanes of at least 4 members (excludes halogenated alkanes) is 1. The molecule has 1 nitrogen and oxygen atoms in total. The van der Waals surface area contributed by atoms with E-state index in [9.17, 15) is 0 Å². The molecular weight excluding hydrogens is 158 g/mol. The highest BCUT2D eigenvalue weighted by Crippen LogP contribution is 2.19. The Kier molecular flexibility index (Phi) is 5.92. The third-order valence-corrected chi connectivity index (χ3v) is 2.72. The highest BCUT2D eigenvalue weighted by Gasteiger charge is 2.02. The van der Waals surface area contributed by atoms with Crippen molar-refractivity contribution in [2.45, 2.75) is 51.9 Å². The van der Waals surface area contributed by atoms with Gasteiger partial charge in [0.1, 0.15) is 0 Å². The van der Waals surface area contributed by atoms with Gasteiger partial charge < -0.3 is 5.32 Å². The Bertz CT molecular complexity index is 149. The van der Waals surface area contributed by atoms with E-state index in [1.54, 1.807) is 5.57 Å². The van der Waals surface area contributed by atoms with Crippen molar-refractivity contribution >= 4 is 0 Å². The summed E-state index contributed by atoms with van der Waals surface area (Å²) >= 11 is 0. The maximum Gasteiger partial charge on any atom is -0.00116 e. The number of allylic oxidation sites excluding steroid dienone is 1. The predicted octanol–water partition coefficient (Wildman–Crippen LogP) is 3.27. The van der Waals surface area contributed by atoms with E-state index >= 15 is 0 Å². The molecule has 0 aromatic rings. The normalized spacial score (nSPS) is 17.2. The Hall–Kier alpha value is -0.300. The molecule has 76 valence electrons.